The van der Waals surface area contributed by atoms with E-state index in [1.165, 1.54) is 24.3 Å². The van der Waals surface area contributed by atoms with Crippen LogP contribution >= 0.6 is 0 Å². The van der Waals surface area contributed by atoms with Gasteiger partial charge in [-0.05, 0) is 43.3 Å². The molecule has 0 aliphatic rings. The standard InChI is InChI=1S/C20H16F3N3O3/c1-2-29-19(28)16-5-3-4-6-17(16)26-18(27)13(11-24)12-25-15-9-7-14(8-10-15)20(21,22)23/h3-10,12,25H,2H2,1H3,(H,26,27)/b13-12-. The molecule has 9 heteroatoms. The van der Waals surface area contributed by atoms with Crippen molar-refractivity contribution in [3.8, 4) is 6.07 Å². The van der Waals surface area contributed by atoms with Crippen molar-refractivity contribution < 1.29 is 27.5 Å². The number of nitrogens with one attached hydrogen (secondary N) is 2. The molecule has 0 heterocycles. The summed E-state index contributed by atoms with van der Waals surface area (Å²) in [5.41, 5.74) is -0.628. The van der Waals surface area contributed by atoms with E-state index in [2.05, 4.69) is 10.6 Å². The molecule has 0 aliphatic carbocycles. The molecule has 0 fully saturated rings. The molecule has 2 rings (SSSR count). The molecule has 0 unspecified atom stereocenters. The fraction of sp³-hybridized carbons (Fsp3) is 0.150. The van der Waals surface area contributed by atoms with Gasteiger partial charge in [-0.3, -0.25) is 4.79 Å². The number of rotatable bonds is 6. The average molecular weight is 403 g/mol. The van der Waals surface area contributed by atoms with E-state index in [1.54, 1.807) is 25.1 Å². The molecule has 0 radical (unpaired) electrons. The number of anilines is 2. The molecule has 0 spiro atoms. The third-order valence-corrected chi connectivity index (χ3v) is 3.63. The first-order valence-electron chi connectivity index (χ1n) is 8.37. The summed E-state index contributed by atoms with van der Waals surface area (Å²) in [5.74, 6) is -1.43. The molecule has 0 aliphatic heterocycles. The van der Waals surface area contributed by atoms with E-state index in [0.717, 1.165) is 18.3 Å². The van der Waals surface area contributed by atoms with Crippen molar-refractivity contribution in [2.24, 2.45) is 0 Å². The van der Waals surface area contributed by atoms with Gasteiger partial charge in [-0.15, -0.1) is 0 Å². The third-order valence-electron chi connectivity index (χ3n) is 3.63. The van der Waals surface area contributed by atoms with Crippen molar-refractivity contribution in [2.45, 2.75) is 13.1 Å². The number of hydrogen-bond donors (Lipinski definition) is 2. The van der Waals surface area contributed by atoms with Crippen LogP contribution in [-0.2, 0) is 15.7 Å². The van der Waals surface area contributed by atoms with Gasteiger partial charge in [0.25, 0.3) is 5.91 Å². The Hall–Kier alpha value is -3.80. The van der Waals surface area contributed by atoms with Crippen LogP contribution in [0.25, 0.3) is 0 Å². The van der Waals surface area contributed by atoms with Crippen molar-refractivity contribution in [1.82, 2.24) is 0 Å². The minimum atomic E-state index is -4.46. The minimum absolute atomic E-state index is 0.121. The van der Waals surface area contributed by atoms with Crippen LogP contribution in [0.3, 0.4) is 0 Å². The highest BCUT2D eigenvalue weighted by Crippen LogP contribution is 2.29. The van der Waals surface area contributed by atoms with Crippen LogP contribution in [0, 0.1) is 11.3 Å². The second kappa shape index (κ2) is 9.41. The number of para-hydroxylation sites is 1. The molecule has 2 aromatic carbocycles. The molecular weight excluding hydrogens is 387 g/mol. The fourth-order valence-corrected chi connectivity index (χ4v) is 2.23. The van der Waals surface area contributed by atoms with Gasteiger partial charge in [0.1, 0.15) is 11.6 Å². The number of halogens is 3. The summed E-state index contributed by atoms with van der Waals surface area (Å²) < 4.78 is 42.6. The second-order valence-corrected chi connectivity index (χ2v) is 5.61. The molecule has 150 valence electrons. The van der Waals surface area contributed by atoms with Crippen LogP contribution in [0.1, 0.15) is 22.8 Å². The minimum Gasteiger partial charge on any atom is -0.462 e. The van der Waals surface area contributed by atoms with E-state index in [0.29, 0.717) is 0 Å². The molecule has 1 amide bonds. The molecule has 0 bridgehead atoms. The molecule has 0 aromatic heterocycles. The van der Waals surface area contributed by atoms with Gasteiger partial charge in [0.05, 0.1) is 23.4 Å². The Kier molecular flexibility index (Phi) is 6.98. The maximum absolute atomic E-state index is 12.6. The van der Waals surface area contributed by atoms with Gasteiger partial charge in [-0.1, -0.05) is 12.1 Å². The van der Waals surface area contributed by atoms with Crippen LogP contribution < -0.4 is 10.6 Å². The number of carbonyl (C=O) groups excluding carboxylic acids is 2. The third kappa shape index (κ3) is 5.84. The molecule has 0 saturated heterocycles. The van der Waals surface area contributed by atoms with Gasteiger partial charge >= 0.3 is 12.1 Å². The number of nitriles is 1. The van der Waals surface area contributed by atoms with Crippen LogP contribution in [0.15, 0.2) is 60.3 Å². The van der Waals surface area contributed by atoms with Gasteiger partial charge in [-0.2, -0.15) is 18.4 Å². The summed E-state index contributed by atoms with van der Waals surface area (Å²) in [6.07, 6.45) is -3.40. The molecule has 0 saturated carbocycles. The summed E-state index contributed by atoms with van der Waals surface area (Å²) >= 11 is 0. The second-order valence-electron chi connectivity index (χ2n) is 5.61. The number of hydrogen-bond acceptors (Lipinski definition) is 5. The number of esters is 1. The van der Waals surface area contributed by atoms with E-state index in [4.69, 9.17) is 4.74 Å². The molecule has 2 aromatic rings. The highest BCUT2D eigenvalue weighted by Gasteiger charge is 2.29. The van der Waals surface area contributed by atoms with Gasteiger partial charge in [0.2, 0.25) is 0 Å². The lowest BCUT2D eigenvalue weighted by Crippen LogP contribution is -2.17. The molecule has 6 nitrogen and oxygen atoms in total. The first kappa shape index (κ1) is 21.5. The number of alkyl halides is 3. The Bertz CT molecular complexity index is 961. The molecule has 0 atom stereocenters. The van der Waals surface area contributed by atoms with Crippen molar-refractivity contribution in [2.75, 3.05) is 17.2 Å². The van der Waals surface area contributed by atoms with Crippen LogP contribution in [0.5, 0.6) is 0 Å². The summed E-state index contributed by atoms with van der Waals surface area (Å²) in [5, 5.41) is 14.2. The lowest BCUT2D eigenvalue weighted by Gasteiger charge is -2.10. The monoisotopic (exact) mass is 403 g/mol. The van der Waals surface area contributed by atoms with Gasteiger partial charge < -0.3 is 15.4 Å². The maximum atomic E-state index is 12.6. The van der Waals surface area contributed by atoms with E-state index in [9.17, 15) is 28.0 Å². The van der Waals surface area contributed by atoms with E-state index in [1.807, 2.05) is 0 Å². The van der Waals surface area contributed by atoms with Crippen molar-refractivity contribution >= 4 is 23.3 Å². The number of amides is 1. The highest BCUT2D eigenvalue weighted by molar-refractivity contribution is 6.09. The van der Waals surface area contributed by atoms with E-state index < -0.39 is 23.6 Å². The van der Waals surface area contributed by atoms with Crippen molar-refractivity contribution in [1.29, 1.82) is 5.26 Å². The van der Waals surface area contributed by atoms with E-state index in [-0.39, 0.29) is 29.1 Å². The molecule has 29 heavy (non-hydrogen) atoms. The maximum Gasteiger partial charge on any atom is 0.416 e. The Labute approximate surface area is 164 Å². The van der Waals surface area contributed by atoms with Gasteiger partial charge in [-0.25, -0.2) is 4.79 Å². The first-order valence-corrected chi connectivity index (χ1v) is 8.37. The number of benzene rings is 2. The topological polar surface area (TPSA) is 91.2 Å². The Morgan fingerprint density at radius 1 is 1.14 bits per heavy atom. The summed E-state index contributed by atoms with van der Waals surface area (Å²) in [4.78, 5) is 24.3. The Morgan fingerprint density at radius 2 is 1.79 bits per heavy atom. The fourth-order valence-electron chi connectivity index (χ4n) is 2.23. The summed E-state index contributed by atoms with van der Waals surface area (Å²) in [6, 6.07) is 11.9. The lowest BCUT2D eigenvalue weighted by atomic mass is 10.1. The predicted octanol–water partition coefficient (Wildman–Crippen LogP) is 4.34. The Balaban J connectivity index is 2.13. The zero-order valence-electron chi connectivity index (χ0n) is 15.2. The largest absolute Gasteiger partial charge is 0.462 e. The average Bonchev–Trinajstić information content (AvgIpc) is 2.68. The van der Waals surface area contributed by atoms with Crippen LogP contribution in [-0.4, -0.2) is 18.5 Å². The summed E-state index contributed by atoms with van der Waals surface area (Å²) in [7, 11) is 0. The van der Waals surface area contributed by atoms with Gasteiger partial charge in [0.15, 0.2) is 0 Å². The highest BCUT2D eigenvalue weighted by atomic mass is 19.4. The number of nitrogens with zero attached hydrogens (tertiary/aromatic N) is 1. The van der Waals surface area contributed by atoms with Gasteiger partial charge in [0, 0.05) is 11.9 Å². The zero-order chi connectivity index (χ0) is 21.4. The number of carbonyl (C=O) groups is 2. The SMILES string of the molecule is CCOC(=O)c1ccccc1NC(=O)/C(C#N)=C\Nc1ccc(C(F)(F)F)cc1. The van der Waals surface area contributed by atoms with Crippen LogP contribution in [0.4, 0.5) is 24.5 Å². The lowest BCUT2D eigenvalue weighted by molar-refractivity contribution is -0.137. The quantitative estimate of drug-likeness (QED) is 0.425. The normalized spacial score (nSPS) is 11.3. The smallest absolute Gasteiger partial charge is 0.416 e. The molecule has 2 N–H and O–H groups in total. The molecular formula is C20H16F3N3O3. The Morgan fingerprint density at radius 3 is 2.38 bits per heavy atom. The first-order chi connectivity index (χ1) is 13.8. The predicted molar refractivity (Wildman–Crippen MR) is 99.8 cm³/mol. The zero-order valence-corrected chi connectivity index (χ0v) is 15.2. The van der Waals surface area contributed by atoms with Crippen molar-refractivity contribution in [3.63, 3.8) is 0 Å². The summed E-state index contributed by atoms with van der Waals surface area (Å²) in [6.45, 7) is 1.80. The number of ether oxygens (including phenoxy) is 1. The van der Waals surface area contributed by atoms with Crippen LogP contribution in [0.2, 0.25) is 0 Å². The van der Waals surface area contributed by atoms with Crippen molar-refractivity contribution in [3.05, 3.63) is 71.4 Å². The van der Waals surface area contributed by atoms with E-state index >= 15 is 0 Å².